The minimum absolute atomic E-state index is 0.238. The lowest BCUT2D eigenvalue weighted by atomic mass is 10.2. The van der Waals surface area contributed by atoms with E-state index in [0.29, 0.717) is 10.2 Å². The Morgan fingerprint density at radius 3 is 3.10 bits per heavy atom. The lowest BCUT2D eigenvalue weighted by Gasteiger charge is -1.96. The molecule has 0 saturated carbocycles. The van der Waals surface area contributed by atoms with Crippen LogP contribution in [0.4, 0.5) is 5.13 Å². The van der Waals surface area contributed by atoms with Gasteiger partial charge in [-0.3, -0.25) is 10.1 Å². The van der Waals surface area contributed by atoms with Gasteiger partial charge in [0.1, 0.15) is 0 Å². The highest BCUT2D eigenvalue weighted by Gasteiger charge is 2.06. The largest absolute Gasteiger partial charge is 0.297 e. The van der Waals surface area contributed by atoms with Crippen LogP contribution < -0.4 is 5.32 Å². The van der Waals surface area contributed by atoms with Crippen molar-refractivity contribution in [2.75, 3.05) is 11.1 Å². The number of benzene rings is 1. The Kier molecular flexibility index (Phi) is 6.22. The van der Waals surface area contributed by atoms with E-state index in [4.69, 9.17) is 11.6 Å². The van der Waals surface area contributed by atoms with E-state index in [1.165, 1.54) is 17.4 Å². The summed E-state index contributed by atoms with van der Waals surface area (Å²) in [5.41, 5.74) is 0.870. The van der Waals surface area contributed by atoms with Crippen molar-refractivity contribution in [1.82, 2.24) is 10.2 Å². The Labute approximate surface area is 136 Å². The molecule has 0 fully saturated rings. The molecule has 0 aliphatic heterocycles. The number of halogens is 1. The molecule has 1 aromatic carbocycles. The number of carbonyl (C=O) groups excluding carboxylic acids is 1. The molecule has 1 aromatic heterocycles. The Hall–Kier alpha value is -1.37. The first-order valence-corrected chi connectivity index (χ1v) is 8.56. The van der Waals surface area contributed by atoms with Gasteiger partial charge in [0.2, 0.25) is 11.0 Å². The number of rotatable bonds is 6. The van der Waals surface area contributed by atoms with Crippen LogP contribution in [-0.4, -0.2) is 21.9 Å². The second-order valence-electron chi connectivity index (χ2n) is 4.10. The second-order valence-corrected chi connectivity index (χ2v) is 6.86. The normalized spacial score (nSPS) is 11.0. The van der Waals surface area contributed by atoms with E-state index in [1.807, 2.05) is 12.1 Å². The summed E-state index contributed by atoms with van der Waals surface area (Å²) in [7, 11) is 0. The SMILES string of the molecule is CCCSc1nnc(NC(=O)/C=C/c2cccc(Cl)c2)s1. The fraction of sp³-hybridized carbons (Fsp3) is 0.214. The third-order valence-corrected chi connectivity index (χ3v) is 4.76. The molecule has 0 unspecified atom stereocenters. The number of amides is 1. The molecule has 0 saturated heterocycles. The van der Waals surface area contributed by atoms with E-state index < -0.39 is 0 Å². The van der Waals surface area contributed by atoms with Crippen LogP contribution in [0.2, 0.25) is 5.02 Å². The van der Waals surface area contributed by atoms with E-state index in [1.54, 1.807) is 30.0 Å². The molecule has 4 nitrogen and oxygen atoms in total. The summed E-state index contributed by atoms with van der Waals surface area (Å²) in [5.74, 6) is 0.759. The molecule has 2 aromatic rings. The summed E-state index contributed by atoms with van der Waals surface area (Å²) in [6, 6.07) is 7.29. The molecular weight excluding hydrogens is 326 g/mol. The summed E-state index contributed by atoms with van der Waals surface area (Å²) in [5, 5.41) is 11.8. The number of hydrogen-bond acceptors (Lipinski definition) is 5. The molecule has 0 radical (unpaired) electrons. The maximum absolute atomic E-state index is 11.8. The van der Waals surface area contributed by atoms with Crippen molar-refractivity contribution in [2.24, 2.45) is 0 Å². The van der Waals surface area contributed by atoms with Gasteiger partial charge in [-0.2, -0.15) is 0 Å². The lowest BCUT2D eigenvalue weighted by Crippen LogP contribution is -2.07. The first kappa shape index (κ1) is 16.0. The summed E-state index contributed by atoms with van der Waals surface area (Å²) in [4.78, 5) is 11.8. The van der Waals surface area contributed by atoms with Crippen molar-refractivity contribution in [2.45, 2.75) is 17.7 Å². The monoisotopic (exact) mass is 339 g/mol. The van der Waals surface area contributed by atoms with Gasteiger partial charge < -0.3 is 0 Å². The number of thioether (sulfide) groups is 1. The third-order valence-electron chi connectivity index (χ3n) is 2.34. The van der Waals surface area contributed by atoms with Crippen molar-refractivity contribution in [1.29, 1.82) is 0 Å². The Bertz CT molecular complexity index is 643. The number of hydrogen-bond donors (Lipinski definition) is 1. The third kappa shape index (κ3) is 5.49. The van der Waals surface area contributed by atoms with Gasteiger partial charge in [0.25, 0.3) is 0 Å². The van der Waals surface area contributed by atoms with Gasteiger partial charge in [-0.15, -0.1) is 10.2 Å². The Morgan fingerprint density at radius 1 is 1.48 bits per heavy atom. The van der Waals surface area contributed by atoms with E-state index >= 15 is 0 Å². The molecule has 1 N–H and O–H groups in total. The molecule has 0 bridgehead atoms. The zero-order valence-corrected chi connectivity index (χ0v) is 13.8. The zero-order chi connectivity index (χ0) is 15.1. The predicted molar refractivity (Wildman–Crippen MR) is 90.0 cm³/mol. The first-order valence-electron chi connectivity index (χ1n) is 6.38. The molecular formula is C14H14ClN3OS2. The minimum atomic E-state index is -0.238. The van der Waals surface area contributed by atoms with E-state index in [-0.39, 0.29) is 5.91 Å². The second kappa shape index (κ2) is 8.17. The fourth-order valence-electron chi connectivity index (χ4n) is 1.44. The average molecular weight is 340 g/mol. The van der Waals surface area contributed by atoms with Crippen LogP contribution in [0.1, 0.15) is 18.9 Å². The van der Waals surface area contributed by atoms with E-state index in [9.17, 15) is 4.79 Å². The van der Waals surface area contributed by atoms with Gasteiger partial charge >= 0.3 is 0 Å². The van der Waals surface area contributed by atoms with Gasteiger partial charge in [0.05, 0.1) is 0 Å². The number of nitrogens with one attached hydrogen (secondary N) is 1. The minimum Gasteiger partial charge on any atom is -0.297 e. The van der Waals surface area contributed by atoms with Crippen LogP contribution in [0.3, 0.4) is 0 Å². The maximum Gasteiger partial charge on any atom is 0.250 e. The topological polar surface area (TPSA) is 54.9 Å². The maximum atomic E-state index is 11.8. The molecule has 0 aliphatic carbocycles. The molecule has 0 atom stereocenters. The smallest absolute Gasteiger partial charge is 0.250 e. The van der Waals surface area contributed by atoms with Gasteiger partial charge in [-0.1, -0.05) is 53.8 Å². The highest BCUT2D eigenvalue weighted by molar-refractivity contribution is 8.01. The van der Waals surface area contributed by atoms with Gasteiger partial charge in [0, 0.05) is 16.9 Å². The van der Waals surface area contributed by atoms with Gasteiger partial charge in [0.15, 0.2) is 4.34 Å². The molecule has 7 heteroatoms. The van der Waals surface area contributed by atoms with Crippen LogP contribution >= 0.6 is 34.7 Å². The summed E-state index contributed by atoms with van der Waals surface area (Å²) in [6.45, 7) is 2.11. The number of carbonyl (C=O) groups is 1. The van der Waals surface area contributed by atoms with Crippen molar-refractivity contribution >= 4 is 51.8 Å². The Morgan fingerprint density at radius 2 is 2.33 bits per heavy atom. The van der Waals surface area contributed by atoms with Crippen LogP contribution in [0, 0.1) is 0 Å². The van der Waals surface area contributed by atoms with Crippen molar-refractivity contribution in [3.63, 3.8) is 0 Å². The number of nitrogens with zero attached hydrogens (tertiary/aromatic N) is 2. The molecule has 1 heterocycles. The molecule has 2 rings (SSSR count). The van der Waals surface area contributed by atoms with Crippen LogP contribution in [0.15, 0.2) is 34.7 Å². The first-order chi connectivity index (χ1) is 10.2. The van der Waals surface area contributed by atoms with Crippen LogP contribution in [-0.2, 0) is 4.79 Å². The molecule has 0 aliphatic rings. The van der Waals surface area contributed by atoms with E-state index in [2.05, 4.69) is 22.4 Å². The molecule has 110 valence electrons. The fourth-order valence-corrected chi connectivity index (χ4v) is 3.32. The molecule has 21 heavy (non-hydrogen) atoms. The quantitative estimate of drug-likeness (QED) is 0.483. The summed E-state index contributed by atoms with van der Waals surface area (Å²) in [6.07, 6.45) is 4.23. The number of anilines is 1. The average Bonchev–Trinajstić information content (AvgIpc) is 2.90. The van der Waals surface area contributed by atoms with Gasteiger partial charge in [-0.05, 0) is 30.2 Å². The predicted octanol–water partition coefficient (Wildman–Crippen LogP) is 4.35. The highest BCUT2D eigenvalue weighted by atomic mass is 35.5. The highest BCUT2D eigenvalue weighted by Crippen LogP contribution is 2.25. The summed E-state index contributed by atoms with van der Waals surface area (Å²) >= 11 is 8.90. The molecule has 0 spiro atoms. The van der Waals surface area contributed by atoms with Crippen LogP contribution in [0.5, 0.6) is 0 Å². The van der Waals surface area contributed by atoms with Crippen molar-refractivity contribution < 1.29 is 4.79 Å². The van der Waals surface area contributed by atoms with Gasteiger partial charge in [-0.25, -0.2) is 0 Å². The van der Waals surface area contributed by atoms with Crippen molar-refractivity contribution in [3.8, 4) is 0 Å². The zero-order valence-electron chi connectivity index (χ0n) is 11.4. The Balaban J connectivity index is 1.90. The summed E-state index contributed by atoms with van der Waals surface area (Å²) < 4.78 is 0.867. The van der Waals surface area contributed by atoms with Crippen molar-refractivity contribution in [3.05, 3.63) is 40.9 Å². The molecule has 1 amide bonds. The van der Waals surface area contributed by atoms with Crippen LogP contribution in [0.25, 0.3) is 6.08 Å². The lowest BCUT2D eigenvalue weighted by molar-refractivity contribution is -0.111. The number of aromatic nitrogens is 2. The standard InChI is InChI=1S/C14H14ClN3OS2/c1-2-8-20-14-18-17-13(21-14)16-12(19)7-6-10-4-3-5-11(15)9-10/h3-7,9H,2,8H2,1H3,(H,16,17,19)/b7-6+. The van der Waals surface area contributed by atoms with E-state index in [0.717, 1.165) is 22.1 Å².